The van der Waals surface area contributed by atoms with Gasteiger partial charge in [0, 0.05) is 10.9 Å². The van der Waals surface area contributed by atoms with Crippen LogP contribution in [0.4, 0.5) is 5.13 Å². The first kappa shape index (κ1) is 15.1. The number of carbonyl (C=O) groups is 1. The van der Waals surface area contributed by atoms with Gasteiger partial charge in [-0.25, -0.2) is 4.98 Å². The number of carbonyl (C=O) groups excluding carboxylic acids is 1. The van der Waals surface area contributed by atoms with Crippen molar-refractivity contribution in [3.63, 3.8) is 0 Å². The minimum Gasteiger partial charge on any atom is -0.322 e. The summed E-state index contributed by atoms with van der Waals surface area (Å²) in [5.41, 5.74) is 7.35. The van der Waals surface area contributed by atoms with Crippen LogP contribution in [0.2, 0.25) is 0 Å². The average Bonchev–Trinajstić information content (AvgIpc) is 2.87. The van der Waals surface area contributed by atoms with E-state index in [-0.39, 0.29) is 24.9 Å². The molecule has 1 aromatic heterocycles. The Morgan fingerprint density at radius 2 is 2.32 bits per heavy atom. The van der Waals surface area contributed by atoms with Crippen molar-refractivity contribution in [2.45, 2.75) is 0 Å². The highest BCUT2D eigenvalue weighted by Gasteiger charge is 2.07. The number of rotatable bonds is 3. The van der Waals surface area contributed by atoms with E-state index in [1.165, 1.54) is 11.3 Å². The largest absolute Gasteiger partial charge is 0.322 e. The van der Waals surface area contributed by atoms with Gasteiger partial charge in [-0.3, -0.25) is 4.79 Å². The number of amides is 1. The van der Waals surface area contributed by atoms with Gasteiger partial charge in [-0.2, -0.15) is 5.26 Å². The SMILES string of the molecule is Cl.N#Cc1cccc(-c2csc(NC(=O)CN)n2)c1. The smallest absolute Gasteiger partial charge is 0.239 e. The summed E-state index contributed by atoms with van der Waals surface area (Å²) < 4.78 is 0. The number of nitrogens with one attached hydrogen (secondary N) is 1. The number of nitrogens with zero attached hydrogens (tertiary/aromatic N) is 2. The van der Waals surface area contributed by atoms with E-state index in [1.807, 2.05) is 11.4 Å². The molecule has 7 heteroatoms. The van der Waals surface area contributed by atoms with Crippen LogP contribution in [-0.4, -0.2) is 17.4 Å². The third kappa shape index (κ3) is 3.76. The van der Waals surface area contributed by atoms with Crippen LogP contribution in [0, 0.1) is 11.3 Å². The number of aromatic nitrogens is 1. The van der Waals surface area contributed by atoms with E-state index in [9.17, 15) is 4.79 Å². The maximum absolute atomic E-state index is 11.1. The lowest BCUT2D eigenvalue weighted by Crippen LogP contribution is -2.21. The van der Waals surface area contributed by atoms with Crippen LogP contribution in [0.15, 0.2) is 29.6 Å². The van der Waals surface area contributed by atoms with Gasteiger partial charge >= 0.3 is 0 Å². The summed E-state index contributed by atoms with van der Waals surface area (Å²) in [7, 11) is 0. The molecule has 0 fully saturated rings. The van der Waals surface area contributed by atoms with Gasteiger partial charge in [0.15, 0.2) is 5.13 Å². The molecular formula is C12H11ClN4OS. The first-order valence-corrected chi connectivity index (χ1v) is 6.07. The maximum Gasteiger partial charge on any atom is 0.239 e. The van der Waals surface area contributed by atoms with E-state index in [0.717, 1.165) is 11.3 Å². The molecule has 0 atom stereocenters. The van der Waals surface area contributed by atoms with Crippen molar-refractivity contribution in [2.75, 3.05) is 11.9 Å². The van der Waals surface area contributed by atoms with Crippen molar-refractivity contribution in [2.24, 2.45) is 5.73 Å². The number of nitriles is 1. The van der Waals surface area contributed by atoms with Gasteiger partial charge in [0.1, 0.15) is 0 Å². The predicted molar refractivity (Wildman–Crippen MR) is 77.2 cm³/mol. The van der Waals surface area contributed by atoms with Crippen molar-refractivity contribution in [3.8, 4) is 17.3 Å². The van der Waals surface area contributed by atoms with Gasteiger partial charge in [-0.1, -0.05) is 12.1 Å². The number of halogens is 1. The molecule has 0 saturated carbocycles. The number of nitrogens with two attached hydrogens (primary N) is 1. The Balaban J connectivity index is 0.00000180. The fourth-order valence-electron chi connectivity index (χ4n) is 1.38. The van der Waals surface area contributed by atoms with Crippen LogP contribution >= 0.6 is 23.7 Å². The van der Waals surface area contributed by atoms with Gasteiger partial charge in [-0.15, -0.1) is 23.7 Å². The van der Waals surface area contributed by atoms with Crippen LogP contribution in [-0.2, 0) is 4.79 Å². The van der Waals surface area contributed by atoms with Gasteiger partial charge in [0.2, 0.25) is 5.91 Å². The fraction of sp³-hybridized carbons (Fsp3) is 0.0833. The molecule has 0 spiro atoms. The van der Waals surface area contributed by atoms with E-state index in [1.54, 1.807) is 18.2 Å². The van der Waals surface area contributed by atoms with Crippen LogP contribution < -0.4 is 11.1 Å². The molecule has 98 valence electrons. The van der Waals surface area contributed by atoms with Gasteiger partial charge in [0.05, 0.1) is 23.9 Å². The molecule has 0 aliphatic rings. The standard InChI is InChI=1S/C12H10N4OS.ClH/c13-5-8-2-1-3-9(4-8)10-7-18-12(15-10)16-11(17)6-14;/h1-4,7H,6,14H2,(H,15,16,17);1H. The fourth-order valence-corrected chi connectivity index (χ4v) is 2.12. The molecule has 1 heterocycles. The first-order valence-electron chi connectivity index (χ1n) is 5.19. The summed E-state index contributed by atoms with van der Waals surface area (Å²) in [6, 6.07) is 9.22. The monoisotopic (exact) mass is 294 g/mol. The van der Waals surface area contributed by atoms with Crippen molar-refractivity contribution in [1.82, 2.24) is 4.98 Å². The number of benzene rings is 1. The van der Waals surface area contributed by atoms with Crippen molar-refractivity contribution < 1.29 is 4.79 Å². The minimum absolute atomic E-state index is 0. The minimum atomic E-state index is -0.276. The van der Waals surface area contributed by atoms with E-state index in [4.69, 9.17) is 11.0 Å². The maximum atomic E-state index is 11.1. The molecule has 0 aliphatic heterocycles. The molecule has 1 amide bonds. The van der Waals surface area contributed by atoms with Gasteiger partial charge in [-0.05, 0) is 12.1 Å². The molecule has 2 aromatic rings. The lowest BCUT2D eigenvalue weighted by Gasteiger charge is -1.98. The quantitative estimate of drug-likeness (QED) is 0.905. The number of hydrogen-bond acceptors (Lipinski definition) is 5. The van der Waals surface area contributed by atoms with Crippen LogP contribution in [0.1, 0.15) is 5.56 Å². The Labute approximate surface area is 120 Å². The summed E-state index contributed by atoms with van der Waals surface area (Å²) in [4.78, 5) is 15.4. The topological polar surface area (TPSA) is 91.8 Å². The van der Waals surface area contributed by atoms with E-state index in [0.29, 0.717) is 10.7 Å². The summed E-state index contributed by atoms with van der Waals surface area (Å²) in [6.45, 7) is -0.0706. The lowest BCUT2D eigenvalue weighted by atomic mass is 10.1. The lowest BCUT2D eigenvalue weighted by molar-refractivity contribution is -0.114. The van der Waals surface area contributed by atoms with Crippen molar-refractivity contribution >= 4 is 34.8 Å². The van der Waals surface area contributed by atoms with Crippen molar-refractivity contribution in [3.05, 3.63) is 35.2 Å². The molecule has 0 saturated heterocycles. The average molecular weight is 295 g/mol. The van der Waals surface area contributed by atoms with Gasteiger partial charge < -0.3 is 11.1 Å². The van der Waals surface area contributed by atoms with E-state index in [2.05, 4.69) is 16.4 Å². The molecule has 0 radical (unpaired) electrons. The summed E-state index contributed by atoms with van der Waals surface area (Å²) >= 11 is 1.32. The first-order chi connectivity index (χ1) is 8.72. The Kier molecular flexibility index (Phi) is 5.45. The molecule has 0 bridgehead atoms. The van der Waals surface area contributed by atoms with Gasteiger partial charge in [0.25, 0.3) is 0 Å². The van der Waals surface area contributed by atoms with E-state index < -0.39 is 0 Å². The Bertz CT molecular complexity index is 620. The summed E-state index contributed by atoms with van der Waals surface area (Å²) in [5.74, 6) is -0.276. The Morgan fingerprint density at radius 1 is 1.53 bits per heavy atom. The Morgan fingerprint density at radius 3 is 3.00 bits per heavy atom. The zero-order valence-electron chi connectivity index (χ0n) is 9.79. The molecule has 0 aliphatic carbocycles. The third-order valence-corrected chi connectivity index (χ3v) is 2.98. The Hall–Kier alpha value is -1.94. The summed E-state index contributed by atoms with van der Waals surface area (Å²) in [5, 5.41) is 13.7. The number of thiazole rings is 1. The second-order valence-electron chi connectivity index (χ2n) is 3.48. The summed E-state index contributed by atoms with van der Waals surface area (Å²) in [6.07, 6.45) is 0. The molecule has 19 heavy (non-hydrogen) atoms. The van der Waals surface area contributed by atoms with Crippen molar-refractivity contribution in [1.29, 1.82) is 5.26 Å². The number of hydrogen-bond donors (Lipinski definition) is 2. The molecule has 3 N–H and O–H groups in total. The van der Waals surface area contributed by atoms with Crippen LogP contribution in [0.3, 0.4) is 0 Å². The molecule has 1 aromatic carbocycles. The zero-order chi connectivity index (χ0) is 13.0. The second kappa shape index (κ2) is 6.85. The molecule has 2 rings (SSSR count). The highest BCUT2D eigenvalue weighted by atomic mass is 35.5. The predicted octanol–water partition coefficient (Wildman–Crippen LogP) is 2.00. The highest BCUT2D eigenvalue weighted by Crippen LogP contribution is 2.25. The van der Waals surface area contributed by atoms with Crippen LogP contribution in [0.5, 0.6) is 0 Å². The highest BCUT2D eigenvalue weighted by molar-refractivity contribution is 7.14. The third-order valence-electron chi connectivity index (χ3n) is 2.22. The molecular weight excluding hydrogens is 284 g/mol. The van der Waals surface area contributed by atoms with E-state index >= 15 is 0 Å². The molecule has 0 unspecified atom stereocenters. The normalized spacial score (nSPS) is 9.26. The van der Waals surface area contributed by atoms with Crippen LogP contribution in [0.25, 0.3) is 11.3 Å². The zero-order valence-corrected chi connectivity index (χ0v) is 11.4. The molecule has 5 nitrogen and oxygen atoms in total. The number of anilines is 1. The second-order valence-corrected chi connectivity index (χ2v) is 4.34.